The second-order valence-corrected chi connectivity index (χ2v) is 11.7. The van der Waals surface area contributed by atoms with Gasteiger partial charge in [-0.15, -0.1) is 6.42 Å². The van der Waals surface area contributed by atoms with Gasteiger partial charge in [0.05, 0.1) is 0 Å². The average molecular weight is 534 g/mol. The summed E-state index contributed by atoms with van der Waals surface area (Å²) in [5, 5.41) is 3.52. The van der Waals surface area contributed by atoms with Crippen LogP contribution in [0, 0.1) is 25.2 Å². The van der Waals surface area contributed by atoms with Crippen LogP contribution in [0.4, 0.5) is 5.69 Å². The van der Waals surface area contributed by atoms with Gasteiger partial charge in [0.2, 0.25) is 0 Å². The van der Waals surface area contributed by atoms with Gasteiger partial charge in [-0.3, -0.25) is 0 Å². The molecule has 4 rings (SSSR count). The number of rotatable bonds is 13. The Hall–Kier alpha value is -3.24. The first-order valence-corrected chi connectivity index (χ1v) is 15.6. The highest BCUT2D eigenvalue weighted by molar-refractivity contribution is 5.64. The molecule has 1 aliphatic carbocycles. The van der Waals surface area contributed by atoms with Crippen molar-refractivity contribution in [2.45, 2.75) is 104 Å². The van der Waals surface area contributed by atoms with Crippen molar-refractivity contribution in [2.24, 2.45) is 5.92 Å². The summed E-state index contributed by atoms with van der Waals surface area (Å²) in [5.74, 6) is 3.87. The number of anilines is 1. The van der Waals surface area contributed by atoms with Gasteiger partial charge in [-0.25, -0.2) is 0 Å². The van der Waals surface area contributed by atoms with Crippen LogP contribution < -0.4 is 5.32 Å². The fraction of sp³-hybridized carbons (Fsp3) is 0.436. The molecular weight excluding hydrogens is 482 g/mol. The van der Waals surface area contributed by atoms with Crippen LogP contribution in [0.1, 0.15) is 108 Å². The van der Waals surface area contributed by atoms with E-state index in [0.29, 0.717) is 0 Å². The van der Waals surface area contributed by atoms with Crippen molar-refractivity contribution < 1.29 is 0 Å². The van der Waals surface area contributed by atoms with Crippen molar-refractivity contribution in [1.82, 2.24) is 0 Å². The Labute approximate surface area is 245 Å². The molecule has 0 bridgehead atoms. The van der Waals surface area contributed by atoms with E-state index in [-0.39, 0.29) is 5.41 Å². The minimum atomic E-state index is 0.168. The normalized spacial score (nSPS) is 12.7. The second kappa shape index (κ2) is 15.5. The molecule has 1 nitrogen and oxygen atoms in total. The molecule has 0 amide bonds. The summed E-state index contributed by atoms with van der Waals surface area (Å²) in [7, 11) is 0. The number of aryl methyl sites for hydroxylation is 2. The van der Waals surface area contributed by atoms with Gasteiger partial charge in [-0.1, -0.05) is 121 Å². The van der Waals surface area contributed by atoms with Gasteiger partial charge in [0, 0.05) is 16.9 Å². The summed E-state index contributed by atoms with van der Waals surface area (Å²) in [6.07, 6.45) is 17.8. The predicted molar refractivity (Wildman–Crippen MR) is 177 cm³/mol. The molecule has 1 N–H and O–H groups in total. The summed E-state index contributed by atoms with van der Waals surface area (Å²) < 4.78 is 0. The maximum Gasteiger partial charge on any atom is 0.0385 e. The monoisotopic (exact) mass is 533 g/mol. The maximum absolute atomic E-state index is 5.58. The van der Waals surface area contributed by atoms with Gasteiger partial charge < -0.3 is 5.32 Å². The van der Waals surface area contributed by atoms with Crippen LogP contribution in [0.15, 0.2) is 79.0 Å². The van der Waals surface area contributed by atoms with Crippen molar-refractivity contribution in [3.8, 4) is 23.5 Å². The molecule has 0 unspecified atom stereocenters. The van der Waals surface area contributed by atoms with Crippen LogP contribution in [0.3, 0.4) is 0 Å². The van der Waals surface area contributed by atoms with Gasteiger partial charge in [0.1, 0.15) is 0 Å². The zero-order valence-electron chi connectivity index (χ0n) is 25.8. The lowest BCUT2D eigenvalue weighted by Gasteiger charge is -2.35. The summed E-state index contributed by atoms with van der Waals surface area (Å²) in [6, 6.07) is 24.4. The standard InChI is InChI=1S/C34H41N.C5H10/c1-7-21-34(22-8-2,23-20-27(6)35-33-19-16-29(10-4)26(5)24-33)32-17-14-30(15-18-32)31-13-11-12-28(9-3)25-31;1-2-5-3-4-5/h4,11-19,24-25,35H,6-9,20-23H2,1-3,5H3;5H,2-4H2,1H3. The van der Waals surface area contributed by atoms with Crippen LogP contribution in [0.5, 0.6) is 0 Å². The fourth-order valence-electron chi connectivity index (χ4n) is 5.84. The zero-order valence-corrected chi connectivity index (χ0v) is 25.8. The minimum Gasteiger partial charge on any atom is -0.359 e. The molecule has 0 spiro atoms. The van der Waals surface area contributed by atoms with Gasteiger partial charge in [0.25, 0.3) is 0 Å². The highest BCUT2D eigenvalue weighted by Gasteiger charge is 2.30. The highest BCUT2D eigenvalue weighted by atomic mass is 14.9. The molecule has 1 heteroatoms. The van der Waals surface area contributed by atoms with E-state index in [1.165, 1.54) is 67.2 Å². The molecule has 212 valence electrons. The van der Waals surface area contributed by atoms with E-state index in [1.807, 2.05) is 12.1 Å². The lowest BCUT2D eigenvalue weighted by Crippen LogP contribution is -2.26. The highest BCUT2D eigenvalue weighted by Crippen LogP contribution is 2.40. The Morgan fingerprint density at radius 2 is 1.60 bits per heavy atom. The van der Waals surface area contributed by atoms with E-state index in [1.54, 1.807) is 0 Å². The van der Waals surface area contributed by atoms with Crippen LogP contribution >= 0.6 is 0 Å². The third kappa shape index (κ3) is 8.89. The molecule has 0 saturated heterocycles. The number of benzene rings is 3. The summed E-state index contributed by atoms with van der Waals surface area (Å²) >= 11 is 0. The van der Waals surface area contributed by atoms with Crippen molar-refractivity contribution >= 4 is 5.69 Å². The van der Waals surface area contributed by atoms with Gasteiger partial charge in [0.15, 0.2) is 0 Å². The van der Waals surface area contributed by atoms with Crippen LogP contribution in [0.2, 0.25) is 0 Å². The van der Waals surface area contributed by atoms with Crippen molar-refractivity contribution in [3.05, 3.63) is 101 Å². The van der Waals surface area contributed by atoms with Gasteiger partial charge >= 0.3 is 0 Å². The van der Waals surface area contributed by atoms with E-state index in [0.717, 1.165) is 47.7 Å². The van der Waals surface area contributed by atoms with E-state index in [9.17, 15) is 0 Å². The Morgan fingerprint density at radius 3 is 2.12 bits per heavy atom. The smallest absolute Gasteiger partial charge is 0.0385 e. The first-order chi connectivity index (χ1) is 19.4. The molecule has 0 atom stereocenters. The minimum absolute atomic E-state index is 0.168. The Bertz CT molecular complexity index is 1250. The second-order valence-electron chi connectivity index (χ2n) is 11.7. The Balaban J connectivity index is 0.000000792. The Morgan fingerprint density at radius 1 is 0.900 bits per heavy atom. The number of hydrogen-bond acceptors (Lipinski definition) is 1. The number of allylic oxidation sites excluding steroid dienone is 1. The van der Waals surface area contributed by atoms with Crippen LogP contribution in [0.25, 0.3) is 11.1 Å². The molecule has 40 heavy (non-hydrogen) atoms. The maximum atomic E-state index is 5.58. The third-order valence-corrected chi connectivity index (χ3v) is 8.51. The third-order valence-electron chi connectivity index (χ3n) is 8.51. The molecule has 0 radical (unpaired) electrons. The molecule has 3 aromatic carbocycles. The summed E-state index contributed by atoms with van der Waals surface area (Å²) in [4.78, 5) is 0. The topological polar surface area (TPSA) is 12.0 Å². The van der Waals surface area contributed by atoms with Gasteiger partial charge in [-0.05, 0) is 96.4 Å². The molecule has 3 aromatic rings. The molecule has 0 aliphatic heterocycles. The summed E-state index contributed by atoms with van der Waals surface area (Å²) in [5.41, 5.74) is 9.77. The van der Waals surface area contributed by atoms with Crippen LogP contribution in [-0.2, 0) is 11.8 Å². The van der Waals surface area contributed by atoms with Crippen molar-refractivity contribution in [3.63, 3.8) is 0 Å². The summed E-state index contributed by atoms with van der Waals surface area (Å²) in [6.45, 7) is 15.5. The average Bonchev–Trinajstić information content (AvgIpc) is 3.82. The quantitative estimate of drug-likeness (QED) is 0.215. The molecule has 0 aromatic heterocycles. The van der Waals surface area contributed by atoms with E-state index in [4.69, 9.17) is 6.42 Å². The fourth-order valence-corrected chi connectivity index (χ4v) is 5.84. The number of hydrogen-bond donors (Lipinski definition) is 1. The first kappa shape index (κ1) is 31.3. The lowest BCUT2D eigenvalue weighted by molar-refractivity contribution is 0.330. The van der Waals surface area contributed by atoms with Crippen molar-refractivity contribution in [1.29, 1.82) is 0 Å². The molecule has 1 aliphatic rings. The lowest BCUT2D eigenvalue weighted by atomic mass is 9.70. The van der Waals surface area contributed by atoms with E-state index < -0.39 is 0 Å². The molecule has 1 fully saturated rings. The Kier molecular flexibility index (Phi) is 12.1. The number of terminal acetylenes is 1. The SMILES string of the molecule is C#Cc1ccc(NC(=C)CCC(CCC)(CCC)c2ccc(-c3cccc(CC)c3)cc2)cc1C.CCC1CC1. The zero-order chi connectivity index (χ0) is 29.0. The molecular formula is C39H51N. The predicted octanol–water partition coefficient (Wildman–Crippen LogP) is 11.3. The van der Waals surface area contributed by atoms with Gasteiger partial charge in [-0.2, -0.15) is 0 Å². The van der Waals surface area contributed by atoms with Crippen molar-refractivity contribution in [2.75, 3.05) is 5.32 Å². The van der Waals surface area contributed by atoms with E-state index in [2.05, 4.69) is 107 Å². The van der Waals surface area contributed by atoms with Crippen LogP contribution in [-0.4, -0.2) is 0 Å². The first-order valence-electron chi connectivity index (χ1n) is 15.6. The molecule has 1 saturated carbocycles. The molecule has 0 heterocycles. The largest absolute Gasteiger partial charge is 0.359 e. The van der Waals surface area contributed by atoms with E-state index >= 15 is 0 Å². The number of nitrogens with one attached hydrogen (secondary N) is 1.